The van der Waals surface area contributed by atoms with Crippen molar-refractivity contribution in [3.8, 4) is 0 Å². The number of hydrogen-bond donors (Lipinski definition) is 4. The molecule has 28 heavy (non-hydrogen) atoms. The molecule has 0 radical (unpaired) electrons. The van der Waals surface area contributed by atoms with Crippen LogP contribution in [0.5, 0.6) is 0 Å². The zero-order chi connectivity index (χ0) is 20.9. The maximum absolute atomic E-state index is 9.78. The first-order valence-corrected chi connectivity index (χ1v) is 11.0. The third-order valence-corrected chi connectivity index (χ3v) is 4.40. The lowest BCUT2D eigenvalue weighted by Crippen LogP contribution is -2.29. The molecule has 7 heteroatoms. The number of aliphatic hydroxyl groups is 4. The van der Waals surface area contributed by atoms with Gasteiger partial charge in [-0.05, 0) is 6.42 Å². The molecule has 3 atom stereocenters. The van der Waals surface area contributed by atoms with Gasteiger partial charge in [0, 0.05) is 6.61 Å². The summed E-state index contributed by atoms with van der Waals surface area (Å²) >= 11 is 0. The Morgan fingerprint density at radius 3 is 1.39 bits per heavy atom. The third kappa shape index (κ3) is 20.5. The van der Waals surface area contributed by atoms with E-state index in [1.54, 1.807) is 0 Å². The molecule has 0 saturated carbocycles. The second kappa shape index (κ2) is 21.4. The predicted molar refractivity (Wildman–Crippen MR) is 109 cm³/mol. The maximum atomic E-state index is 9.78. The van der Waals surface area contributed by atoms with E-state index >= 15 is 0 Å². The average molecular weight is 409 g/mol. The Morgan fingerprint density at radius 1 is 0.536 bits per heavy atom. The SMILES string of the molecule is CCCCCCCCCCCCOC[C@H](O)COC[C@H](O)COC[C@H](O)CO. The quantitative estimate of drug-likeness (QED) is 0.203. The summed E-state index contributed by atoms with van der Waals surface area (Å²) in [6.07, 6.45) is 10.3. The van der Waals surface area contributed by atoms with Gasteiger partial charge >= 0.3 is 0 Å². The fraction of sp³-hybridized carbons (Fsp3) is 1.00. The molecule has 0 aromatic rings. The molecular formula is C21H44O7. The summed E-state index contributed by atoms with van der Waals surface area (Å²) in [7, 11) is 0. The minimum Gasteiger partial charge on any atom is -0.394 e. The lowest BCUT2D eigenvalue weighted by atomic mass is 10.1. The largest absolute Gasteiger partial charge is 0.394 e. The molecule has 0 saturated heterocycles. The summed E-state index contributed by atoms with van der Waals surface area (Å²) in [5.41, 5.74) is 0. The van der Waals surface area contributed by atoms with E-state index in [1.165, 1.54) is 57.8 Å². The first kappa shape index (κ1) is 27.7. The Morgan fingerprint density at radius 2 is 0.929 bits per heavy atom. The van der Waals surface area contributed by atoms with Gasteiger partial charge in [-0.1, -0.05) is 64.7 Å². The van der Waals surface area contributed by atoms with Crippen LogP contribution in [0, 0.1) is 0 Å². The molecule has 0 aromatic carbocycles. The molecule has 7 nitrogen and oxygen atoms in total. The highest BCUT2D eigenvalue weighted by molar-refractivity contribution is 4.57. The van der Waals surface area contributed by atoms with Crippen LogP contribution in [0.15, 0.2) is 0 Å². The first-order chi connectivity index (χ1) is 13.6. The van der Waals surface area contributed by atoms with E-state index in [0.29, 0.717) is 6.61 Å². The summed E-state index contributed by atoms with van der Waals surface area (Å²) in [4.78, 5) is 0. The molecular weight excluding hydrogens is 364 g/mol. The Hall–Kier alpha value is -0.280. The highest BCUT2D eigenvalue weighted by atomic mass is 16.5. The van der Waals surface area contributed by atoms with E-state index < -0.39 is 18.3 Å². The van der Waals surface area contributed by atoms with Crippen LogP contribution in [0.1, 0.15) is 71.1 Å². The van der Waals surface area contributed by atoms with Gasteiger partial charge in [0.2, 0.25) is 0 Å². The summed E-state index contributed by atoms with van der Waals surface area (Å²) in [6, 6.07) is 0. The topological polar surface area (TPSA) is 109 Å². The Bertz CT molecular complexity index is 304. The van der Waals surface area contributed by atoms with E-state index in [4.69, 9.17) is 24.4 Å². The van der Waals surface area contributed by atoms with Gasteiger partial charge in [-0.2, -0.15) is 0 Å². The van der Waals surface area contributed by atoms with E-state index in [0.717, 1.165) is 6.42 Å². The Kier molecular flexibility index (Phi) is 21.2. The van der Waals surface area contributed by atoms with Crippen molar-refractivity contribution < 1.29 is 34.6 Å². The van der Waals surface area contributed by atoms with E-state index in [2.05, 4.69) is 6.92 Å². The second-order valence-electron chi connectivity index (χ2n) is 7.48. The summed E-state index contributed by atoms with van der Waals surface area (Å²) in [6.45, 7) is 2.83. The van der Waals surface area contributed by atoms with Gasteiger partial charge in [0.05, 0.1) is 39.6 Å². The third-order valence-electron chi connectivity index (χ3n) is 4.40. The molecule has 0 rings (SSSR count). The number of aliphatic hydroxyl groups excluding tert-OH is 4. The summed E-state index contributed by atoms with van der Waals surface area (Å²) < 4.78 is 15.7. The monoisotopic (exact) mass is 408 g/mol. The number of unbranched alkanes of at least 4 members (excludes halogenated alkanes) is 9. The molecule has 0 unspecified atom stereocenters. The van der Waals surface area contributed by atoms with E-state index in [1.807, 2.05) is 0 Å². The van der Waals surface area contributed by atoms with Gasteiger partial charge in [-0.15, -0.1) is 0 Å². The molecule has 0 amide bonds. The number of ether oxygens (including phenoxy) is 3. The Balaban J connectivity index is 3.29. The molecule has 170 valence electrons. The minimum atomic E-state index is -0.942. The standard InChI is InChI=1S/C21H44O7/c1-2-3-4-5-6-7-8-9-10-11-12-26-15-20(24)16-28-18-21(25)17-27-14-19(23)13-22/h19-25H,2-18H2,1H3/t19-,20+,21-/m1/s1. The summed E-state index contributed by atoms with van der Waals surface area (Å²) in [5, 5.41) is 37.1. The van der Waals surface area contributed by atoms with Crippen LogP contribution in [0.3, 0.4) is 0 Å². The van der Waals surface area contributed by atoms with Crippen LogP contribution in [0.4, 0.5) is 0 Å². The van der Waals surface area contributed by atoms with Crippen LogP contribution in [-0.2, 0) is 14.2 Å². The fourth-order valence-corrected chi connectivity index (χ4v) is 2.74. The highest BCUT2D eigenvalue weighted by Crippen LogP contribution is 2.10. The molecule has 0 aliphatic heterocycles. The zero-order valence-corrected chi connectivity index (χ0v) is 17.8. The van der Waals surface area contributed by atoms with Gasteiger partial charge in [0.1, 0.15) is 18.3 Å². The predicted octanol–water partition coefficient (Wildman–Crippen LogP) is 2.03. The fourth-order valence-electron chi connectivity index (χ4n) is 2.74. The van der Waals surface area contributed by atoms with Gasteiger partial charge < -0.3 is 34.6 Å². The number of rotatable bonds is 22. The second-order valence-corrected chi connectivity index (χ2v) is 7.48. The molecule has 0 fully saturated rings. The molecule has 0 aliphatic carbocycles. The minimum absolute atomic E-state index is 0.00238. The van der Waals surface area contributed by atoms with Crippen LogP contribution in [0.2, 0.25) is 0 Å². The smallest absolute Gasteiger partial charge is 0.101 e. The normalized spacial score (nSPS) is 14.9. The average Bonchev–Trinajstić information content (AvgIpc) is 2.68. The molecule has 0 bridgehead atoms. The first-order valence-electron chi connectivity index (χ1n) is 11.0. The van der Waals surface area contributed by atoms with Crippen LogP contribution in [0.25, 0.3) is 0 Å². The Labute approximate surface area is 171 Å². The molecule has 0 aliphatic rings. The lowest BCUT2D eigenvalue weighted by Gasteiger charge is -2.15. The van der Waals surface area contributed by atoms with Gasteiger partial charge in [0.25, 0.3) is 0 Å². The molecule has 0 spiro atoms. The van der Waals surface area contributed by atoms with Crippen molar-refractivity contribution in [1.82, 2.24) is 0 Å². The van der Waals surface area contributed by atoms with E-state index in [-0.39, 0.29) is 39.6 Å². The van der Waals surface area contributed by atoms with Crippen LogP contribution in [-0.4, -0.2) is 85.0 Å². The van der Waals surface area contributed by atoms with Gasteiger partial charge in [0.15, 0.2) is 0 Å². The van der Waals surface area contributed by atoms with Crippen molar-refractivity contribution >= 4 is 0 Å². The van der Waals surface area contributed by atoms with Crippen LogP contribution < -0.4 is 0 Å². The van der Waals surface area contributed by atoms with Crippen molar-refractivity contribution in [2.75, 3.05) is 46.2 Å². The van der Waals surface area contributed by atoms with Gasteiger partial charge in [-0.25, -0.2) is 0 Å². The summed E-state index contributed by atoms with van der Waals surface area (Å²) in [5.74, 6) is 0. The van der Waals surface area contributed by atoms with E-state index in [9.17, 15) is 10.2 Å². The maximum Gasteiger partial charge on any atom is 0.101 e. The van der Waals surface area contributed by atoms with Crippen molar-refractivity contribution in [2.24, 2.45) is 0 Å². The van der Waals surface area contributed by atoms with Crippen molar-refractivity contribution in [2.45, 2.75) is 89.4 Å². The van der Waals surface area contributed by atoms with Crippen molar-refractivity contribution in [3.05, 3.63) is 0 Å². The molecule has 0 heterocycles. The van der Waals surface area contributed by atoms with Crippen molar-refractivity contribution in [3.63, 3.8) is 0 Å². The number of hydrogen-bond acceptors (Lipinski definition) is 7. The zero-order valence-electron chi connectivity index (χ0n) is 17.8. The van der Waals surface area contributed by atoms with Crippen molar-refractivity contribution in [1.29, 1.82) is 0 Å². The van der Waals surface area contributed by atoms with Gasteiger partial charge in [-0.3, -0.25) is 0 Å². The molecule has 4 N–H and O–H groups in total. The lowest BCUT2D eigenvalue weighted by molar-refractivity contribution is -0.0676. The highest BCUT2D eigenvalue weighted by Gasteiger charge is 2.10. The van der Waals surface area contributed by atoms with Crippen LogP contribution >= 0.6 is 0 Å². The molecule has 0 aromatic heterocycles.